The van der Waals surface area contributed by atoms with Gasteiger partial charge in [-0.15, -0.1) is 0 Å². The maximum absolute atomic E-state index is 12.4. The zero-order valence-electron chi connectivity index (χ0n) is 16.1. The van der Waals surface area contributed by atoms with Gasteiger partial charge in [0.25, 0.3) is 5.91 Å². The van der Waals surface area contributed by atoms with Crippen molar-refractivity contribution in [2.45, 2.75) is 25.4 Å². The van der Waals surface area contributed by atoms with Gasteiger partial charge in [-0.3, -0.25) is 4.79 Å². The Morgan fingerprint density at radius 1 is 1.07 bits per heavy atom. The average Bonchev–Trinajstić information content (AvgIpc) is 2.66. The maximum atomic E-state index is 12.4. The van der Waals surface area contributed by atoms with E-state index < -0.39 is 0 Å². The van der Waals surface area contributed by atoms with Crippen LogP contribution < -0.4 is 17.7 Å². The molecular weight excluding hydrogens is 435 g/mol. The van der Waals surface area contributed by atoms with Crippen LogP contribution in [0.5, 0.6) is 0 Å². The lowest BCUT2D eigenvalue weighted by Crippen LogP contribution is -3.00. The lowest BCUT2D eigenvalue weighted by molar-refractivity contribution is -0.928. The normalized spacial score (nSPS) is 15.0. The Hall–Kier alpha value is -0.910. The number of halogens is 3. The molecule has 1 fully saturated rings. The van der Waals surface area contributed by atoms with Crippen LogP contribution in [0.1, 0.15) is 28.8 Å². The number of benzene rings is 2. The van der Waals surface area contributed by atoms with Gasteiger partial charge in [-0.2, -0.15) is 11.8 Å². The summed E-state index contributed by atoms with van der Waals surface area (Å²) in [5.74, 6) is 2.34. The fraction of sp³-hybridized carbons (Fsp3) is 0.381. The molecule has 0 bridgehead atoms. The first kappa shape index (κ1) is 23.4. The zero-order valence-corrected chi connectivity index (χ0v) is 19.1. The summed E-state index contributed by atoms with van der Waals surface area (Å²) in [6.07, 6.45) is 2.57. The number of carbonyl (C=O) groups excluding carboxylic acids is 1. The van der Waals surface area contributed by atoms with Crippen molar-refractivity contribution in [2.75, 3.05) is 30.9 Å². The first-order valence-electron chi connectivity index (χ1n) is 9.11. The largest absolute Gasteiger partial charge is 1.00 e. The molecule has 1 heterocycles. The number of thioether (sulfide) groups is 1. The van der Waals surface area contributed by atoms with E-state index in [1.165, 1.54) is 29.9 Å². The molecule has 1 aliphatic heterocycles. The number of quaternary nitrogens is 1. The molecule has 152 valence electrons. The van der Waals surface area contributed by atoms with Crippen molar-refractivity contribution in [2.24, 2.45) is 0 Å². The number of hydrogen-bond acceptors (Lipinski definition) is 2. The first-order valence-corrected chi connectivity index (χ1v) is 11.0. The molecule has 2 aromatic rings. The predicted molar refractivity (Wildman–Crippen MR) is 117 cm³/mol. The molecule has 3 rings (SSSR count). The van der Waals surface area contributed by atoms with Crippen LogP contribution >= 0.6 is 35.0 Å². The minimum absolute atomic E-state index is 0. The zero-order chi connectivity index (χ0) is 19.4. The number of amides is 1. The molecule has 2 aromatic carbocycles. The van der Waals surface area contributed by atoms with Crippen LogP contribution in [0, 0.1) is 0 Å². The van der Waals surface area contributed by atoms with Gasteiger partial charge >= 0.3 is 0 Å². The molecule has 1 saturated heterocycles. The molecule has 0 saturated carbocycles. The van der Waals surface area contributed by atoms with Crippen LogP contribution in [0.2, 0.25) is 10.0 Å². The van der Waals surface area contributed by atoms with Crippen molar-refractivity contribution < 1.29 is 21.7 Å². The molecule has 7 heteroatoms. The van der Waals surface area contributed by atoms with Gasteiger partial charge in [0.05, 0.1) is 30.2 Å². The first-order chi connectivity index (χ1) is 12.8. The Morgan fingerprint density at radius 2 is 1.71 bits per heavy atom. The van der Waals surface area contributed by atoms with Gasteiger partial charge in [-0.25, -0.2) is 0 Å². The Morgan fingerprint density at radius 3 is 2.32 bits per heavy atom. The molecule has 1 N–H and O–H groups in total. The minimum atomic E-state index is -0.197. The average molecular weight is 460 g/mol. The summed E-state index contributed by atoms with van der Waals surface area (Å²) >= 11 is 14.0. The van der Waals surface area contributed by atoms with E-state index in [0.29, 0.717) is 15.6 Å². The number of hydrogen-bond donors (Lipinski definition) is 1. The van der Waals surface area contributed by atoms with E-state index in [9.17, 15) is 4.79 Å². The van der Waals surface area contributed by atoms with Gasteiger partial charge in [0.1, 0.15) is 6.54 Å². The highest BCUT2D eigenvalue weighted by Gasteiger charge is 2.30. The molecule has 0 atom stereocenters. The number of nitrogens with zero attached hydrogens (tertiary/aromatic N) is 1. The Balaban J connectivity index is 0.00000280. The van der Waals surface area contributed by atoms with E-state index in [0.717, 1.165) is 22.8 Å². The fourth-order valence-corrected chi connectivity index (χ4v) is 4.90. The van der Waals surface area contributed by atoms with Crippen LogP contribution in [-0.4, -0.2) is 42.0 Å². The number of rotatable bonds is 5. The van der Waals surface area contributed by atoms with Gasteiger partial charge in [0.2, 0.25) is 0 Å². The summed E-state index contributed by atoms with van der Waals surface area (Å²) in [5.41, 5.74) is 2.54. The second-order valence-corrected chi connectivity index (χ2v) is 9.60. The minimum Gasteiger partial charge on any atom is -1.00 e. The van der Waals surface area contributed by atoms with Crippen molar-refractivity contribution in [1.82, 2.24) is 0 Å². The van der Waals surface area contributed by atoms with Gasteiger partial charge < -0.3 is 22.2 Å². The third-order valence-corrected chi connectivity index (χ3v) is 6.95. The van der Waals surface area contributed by atoms with Crippen molar-refractivity contribution in [3.05, 3.63) is 63.6 Å². The summed E-state index contributed by atoms with van der Waals surface area (Å²) in [6.45, 7) is 0.996. The predicted octanol–water partition coefficient (Wildman–Crippen LogP) is 2.72. The highest BCUT2D eigenvalue weighted by molar-refractivity contribution is 7.99. The van der Waals surface area contributed by atoms with Crippen molar-refractivity contribution in [3.8, 4) is 0 Å². The molecular formula is C21H25Cl3N2OS. The summed E-state index contributed by atoms with van der Waals surface area (Å²) in [7, 11) is 4.64. The highest BCUT2D eigenvalue weighted by Crippen LogP contribution is 2.27. The lowest BCUT2D eigenvalue weighted by Gasteiger charge is -2.40. The maximum Gasteiger partial charge on any atom is 0.255 e. The second-order valence-electron chi connectivity index (χ2n) is 7.56. The van der Waals surface area contributed by atoms with Crippen molar-refractivity contribution in [1.29, 1.82) is 0 Å². The van der Waals surface area contributed by atoms with E-state index in [1.807, 2.05) is 12.1 Å². The van der Waals surface area contributed by atoms with Crippen molar-refractivity contribution >= 4 is 46.6 Å². The number of nitrogens with one attached hydrogen (secondary N) is 1. The third kappa shape index (κ3) is 6.04. The van der Waals surface area contributed by atoms with Crippen LogP contribution in [0.15, 0.2) is 42.5 Å². The molecule has 28 heavy (non-hydrogen) atoms. The van der Waals surface area contributed by atoms with Crippen LogP contribution in [0.4, 0.5) is 5.69 Å². The summed E-state index contributed by atoms with van der Waals surface area (Å²) < 4.78 is 1.01. The van der Waals surface area contributed by atoms with Crippen LogP contribution in [0.3, 0.4) is 0 Å². The molecule has 0 aliphatic carbocycles. The third-order valence-electron chi connectivity index (χ3n) is 5.16. The van der Waals surface area contributed by atoms with Crippen molar-refractivity contribution in [3.63, 3.8) is 0 Å². The topological polar surface area (TPSA) is 29.1 Å². The molecule has 0 unspecified atom stereocenters. The summed E-state index contributed by atoms with van der Waals surface area (Å²) in [6, 6.07) is 13.7. The SMILES string of the molecule is C[N+](C)(Cc1ccc(NC(=O)c2ccc(Cl)c(Cl)c2)cc1)C1CCSCC1.[Cl-]. The Bertz CT molecular complexity index is 806. The Labute approximate surface area is 187 Å². The molecule has 0 spiro atoms. The second kappa shape index (κ2) is 10.2. The van der Waals surface area contributed by atoms with E-state index in [4.69, 9.17) is 23.2 Å². The molecule has 3 nitrogen and oxygen atoms in total. The number of anilines is 1. The monoisotopic (exact) mass is 458 g/mol. The molecule has 0 aromatic heterocycles. The van der Waals surface area contributed by atoms with Crippen LogP contribution in [-0.2, 0) is 6.54 Å². The molecule has 0 radical (unpaired) electrons. The van der Waals surface area contributed by atoms with Crippen LogP contribution in [0.25, 0.3) is 0 Å². The summed E-state index contributed by atoms with van der Waals surface area (Å²) in [5, 5.41) is 3.73. The van der Waals surface area contributed by atoms with E-state index in [1.54, 1.807) is 18.2 Å². The molecule has 1 amide bonds. The Kier molecular flexibility index (Phi) is 8.53. The van der Waals surface area contributed by atoms with E-state index >= 15 is 0 Å². The standard InChI is InChI=1S/C21H24Cl2N2OS.ClH/c1-25(2,18-9-11-27-12-10-18)14-15-3-6-17(7-4-15)24-21(26)16-5-8-19(22)20(23)13-16;/h3-8,13,18H,9-12,14H2,1-2H3;1H. The quantitative estimate of drug-likeness (QED) is 0.697. The lowest BCUT2D eigenvalue weighted by atomic mass is 10.1. The smallest absolute Gasteiger partial charge is 0.255 e. The fourth-order valence-electron chi connectivity index (χ4n) is 3.52. The highest BCUT2D eigenvalue weighted by atomic mass is 35.5. The van der Waals surface area contributed by atoms with Gasteiger partial charge in [0, 0.05) is 29.7 Å². The van der Waals surface area contributed by atoms with Gasteiger partial charge in [-0.05, 0) is 41.8 Å². The van der Waals surface area contributed by atoms with E-state index in [2.05, 4.69) is 43.3 Å². The molecule has 1 aliphatic rings. The van der Waals surface area contributed by atoms with Gasteiger partial charge in [0.15, 0.2) is 0 Å². The van der Waals surface area contributed by atoms with E-state index in [-0.39, 0.29) is 18.3 Å². The summed E-state index contributed by atoms with van der Waals surface area (Å²) in [4.78, 5) is 12.4. The van der Waals surface area contributed by atoms with Gasteiger partial charge in [-0.1, -0.05) is 35.3 Å². The number of carbonyl (C=O) groups is 1.